The number of benzene rings is 3. The first-order chi connectivity index (χ1) is 12.1. The summed E-state index contributed by atoms with van der Waals surface area (Å²) >= 11 is 0. The van der Waals surface area contributed by atoms with Gasteiger partial charge in [-0.15, -0.1) is 0 Å². The molecular formula is C24H24N2. The van der Waals surface area contributed by atoms with Crippen molar-refractivity contribution in [2.24, 2.45) is 0 Å². The van der Waals surface area contributed by atoms with Crippen molar-refractivity contribution in [2.75, 3.05) is 0 Å². The van der Waals surface area contributed by atoms with Gasteiger partial charge in [-0.25, -0.2) is 0 Å². The Hall–Kier alpha value is -2.84. The summed E-state index contributed by atoms with van der Waals surface area (Å²) < 4.78 is 0. The largest absolute Gasteiger partial charge is 0.192 e. The summed E-state index contributed by atoms with van der Waals surface area (Å²) in [4.78, 5) is 0. The molecule has 3 rings (SSSR count). The lowest BCUT2D eigenvalue weighted by Gasteiger charge is -2.22. The molecule has 0 unspecified atom stereocenters. The number of nitriles is 2. The maximum absolute atomic E-state index is 9.72. The van der Waals surface area contributed by atoms with E-state index >= 15 is 0 Å². The third-order valence-corrected chi connectivity index (χ3v) is 5.07. The Morgan fingerprint density at radius 2 is 0.923 bits per heavy atom. The first-order valence-corrected chi connectivity index (χ1v) is 8.92. The van der Waals surface area contributed by atoms with Crippen LogP contribution in [-0.4, -0.2) is 0 Å². The Morgan fingerprint density at radius 3 is 1.19 bits per heavy atom. The van der Waals surface area contributed by atoms with Gasteiger partial charge in [0.1, 0.15) is 12.1 Å². The van der Waals surface area contributed by atoms with Gasteiger partial charge in [0.05, 0.1) is 11.1 Å². The minimum absolute atomic E-state index is 0.0167. The van der Waals surface area contributed by atoms with Gasteiger partial charge in [-0.2, -0.15) is 10.5 Å². The normalized spacial score (nSPS) is 12.2. The lowest BCUT2D eigenvalue weighted by molar-refractivity contribution is 0.590. The molecule has 2 heteroatoms. The van der Waals surface area contributed by atoms with Gasteiger partial charge in [0.2, 0.25) is 0 Å². The Bertz CT molecular complexity index is 1020. The first kappa shape index (κ1) is 18.0. The van der Waals surface area contributed by atoms with Gasteiger partial charge in [0, 0.05) is 10.8 Å². The maximum Gasteiger partial charge on any atom is 0.101 e. The summed E-state index contributed by atoms with van der Waals surface area (Å²) in [5.41, 5.74) is 3.42. The fraction of sp³-hybridized carbons (Fsp3) is 0.333. The highest BCUT2D eigenvalue weighted by Crippen LogP contribution is 2.37. The highest BCUT2D eigenvalue weighted by molar-refractivity contribution is 6.13. The van der Waals surface area contributed by atoms with Gasteiger partial charge in [-0.05, 0) is 44.9 Å². The highest BCUT2D eigenvalue weighted by Gasteiger charge is 2.20. The molecule has 0 radical (unpaired) electrons. The number of hydrogen-bond acceptors (Lipinski definition) is 2. The minimum Gasteiger partial charge on any atom is -0.192 e. The van der Waals surface area contributed by atoms with E-state index in [1.807, 2.05) is 12.1 Å². The second-order valence-electron chi connectivity index (χ2n) is 8.99. The van der Waals surface area contributed by atoms with Gasteiger partial charge in [-0.1, -0.05) is 65.8 Å². The Balaban J connectivity index is 2.57. The predicted octanol–water partition coefficient (Wildman–Crippen LogP) is 6.33. The molecule has 0 aliphatic heterocycles. The molecule has 0 saturated heterocycles. The van der Waals surface area contributed by atoms with Crippen LogP contribution in [0.1, 0.15) is 63.8 Å². The van der Waals surface area contributed by atoms with Crippen molar-refractivity contribution in [3.63, 3.8) is 0 Å². The van der Waals surface area contributed by atoms with E-state index in [1.165, 1.54) is 11.1 Å². The van der Waals surface area contributed by atoms with Crippen LogP contribution in [0.5, 0.6) is 0 Å². The third-order valence-electron chi connectivity index (χ3n) is 5.07. The van der Waals surface area contributed by atoms with Crippen LogP contribution in [-0.2, 0) is 10.8 Å². The molecule has 0 fully saturated rings. The molecule has 0 aliphatic rings. The quantitative estimate of drug-likeness (QED) is 0.449. The van der Waals surface area contributed by atoms with E-state index in [0.29, 0.717) is 11.1 Å². The van der Waals surface area contributed by atoms with Gasteiger partial charge in [-0.3, -0.25) is 0 Å². The van der Waals surface area contributed by atoms with E-state index in [9.17, 15) is 10.5 Å². The number of rotatable bonds is 0. The zero-order chi connectivity index (χ0) is 19.3. The minimum atomic E-state index is 0.0167. The molecular weight excluding hydrogens is 316 g/mol. The summed E-state index contributed by atoms with van der Waals surface area (Å²) in [6.07, 6.45) is 0. The smallest absolute Gasteiger partial charge is 0.101 e. The Kier molecular flexibility index (Phi) is 4.05. The number of hydrogen-bond donors (Lipinski definition) is 0. The van der Waals surface area contributed by atoms with Crippen molar-refractivity contribution >= 4 is 21.5 Å². The van der Waals surface area contributed by atoms with Crippen LogP contribution in [0.25, 0.3) is 21.5 Å². The SMILES string of the molecule is CC(C)(C)c1ccc2c(C#N)c(C#N)c3ccc(C(C)(C)C)cc3c2c1. The maximum atomic E-state index is 9.72. The fourth-order valence-electron chi connectivity index (χ4n) is 3.40. The van der Waals surface area contributed by atoms with Gasteiger partial charge in [0.25, 0.3) is 0 Å². The molecule has 3 aromatic rings. The van der Waals surface area contributed by atoms with Gasteiger partial charge < -0.3 is 0 Å². The van der Waals surface area contributed by atoms with Gasteiger partial charge >= 0.3 is 0 Å². The van der Waals surface area contributed by atoms with Crippen molar-refractivity contribution in [3.8, 4) is 12.1 Å². The topological polar surface area (TPSA) is 47.6 Å². The van der Waals surface area contributed by atoms with E-state index in [0.717, 1.165) is 21.5 Å². The van der Waals surface area contributed by atoms with Crippen LogP contribution in [0.3, 0.4) is 0 Å². The summed E-state index contributed by atoms with van der Waals surface area (Å²) in [5, 5.41) is 23.3. The van der Waals surface area contributed by atoms with Crippen molar-refractivity contribution < 1.29 is 0 Å². The van der Waals surface area contributed by atoms with Crippen LogP contribution in [0.15, 0.2) is 36.4 Å². The average Bonchev–Trinajstić information content (AvgIpc) is 2.57. The van der Waals surface area contributed by atoms with Crippen LogP contribution in [0.2, 0.25) is 0 Å². The van der Waals surface area contributed by atoms with Crippen molar-refractivity contribution in [3.05, 3.63) is 58.7 Å². The Morgan fingerprint density at radius 1 is 0.577 bits per heavy atom. The number of nitrogens with zero attached hydrogens (tertiary/aromatic N) is 2. The zero-order valence-electron chi connectivity index (χ0n) is 16.4. The molecule has 0 aromatic heterocycles. The van der Waals surface area contributed by atoms with Crippen molar-refractivity contribution in [1.82, 2.24) is 0 Å². The van der Waals surface area contributed by atoms with E-state index in [4.69, 9.17) is 0 Å². The lowest BCUT2D eigenvalue weighted by atomic mass is 9.81. The van der Waals surface area contributed by atoms with Crippen LogP contribution >= 0.6 is 0 Å². The predicted molar refractivity (Wildman–Crippen MR) is 108 cm³/mol. The van der Waals surface area contributed by atoms with Crippen LogP contribution in [0.4, 0.5) is 0 Å². The van der Waals surface area contributed by atoms with Gasteiger partial charge in [0.15, 0.2) is 0 Å². The number of fused-ring (bicyclic) bond motifs is 3. The monoisotopic (exact) mass is 340 g/mol. The van der Waals surface area contributed by atoms with Crippen molar-refractivity contribution in [2.45, 2.75) is 52.4 Å². The summed E-state index contributed by atoms with van der Waals surface area (Å²) in [6, 6.07) is 17.0. The first-order valence-electron chi connectivity index (χ1n) is 8.92. The van der Waals surface area contributed by atoms with Crippen molar-refractivity contribution in [1.29, 1.82) is 10.5 Å². The molecule has 0 N–H and O–H groups in total. The lowest BCUT2D eigenvalue weighted by Crippen LogP contribution is -2.11. The molecule has 0 bridgehead atoms. The second-order valence-corrected chi connectivity index (χ2v) is 8.99. The molecule has 0 aliphatic carbocycles. The standard InChI is InChI=1S/C24H24N2/c1-23(2,3)15-7-9-17-19(11-15)20-12-16(24(4,5)6)8-10-18(20)22(14-26)21(17)13-25/h7-12H,1-6H3. The molecule has 0 spiro atoms. The highest BCUT2D eigenvalue weighted by atomic mass is 14.3. The average molecular weight is 340 g/mol. The second kappa shape index (κ2) is 5.86. The Labute approximate surface area is 155 Å². The molecule has 2 nitrogen and oxygen atoms in total. The summed E-state index contributed by atoms with van der Waals surface area (Å²) in [5.74, 6) is 0. The van der Waals surface area contributed by atoms with Crippen LogP contribution < -0.4 is 0 Å². The molecule has 0 amide bonds. The van der Waals surface area contributed by atoms with E-state index in [-0.39, 0.29) is 10.8 Å². The molecule has 0 saturated carbocycles. The zero-order valence-corrected chi connectivity index (χ0v) is 16.4. The summed E-state index contributed by atoms with van der Waals surface area (Å²) in [6.45, 7) is 13.1. The molecule has 130 valence electrons. The third kappa shape index (κ3) is 2.83. The molecule has 26 heavy (non-hydrogen) atoms. The summed E-state index contributed by atoms with van der Waals surface area (Å²) in [7, 11) is 0. The molecule has 0 atom stereocenters. The van der Waals surface area contributed by atoms with Crippen LogP contribution in [0, 0.1) is 22.7 Å². The molecule has 0 heterocycles. The van der Waals surface area contributed by atoms with E-state index in [1.54, 1.807) is 0 Å². The fourth-order valence-corrected chi connectivity index (χ4v) is 3.40. The van der Waals surface area contributed by atoms with E-state index < -0.39 is 0 Å². The van der Waals surface area contributed by atoms with E-state index in [2.05, 4.69) is 77.9 Å². The molecule has 3 aromatic carbocycles.